The van der Waals surface area contributed by atoms with Crippen LogP contribution in [-0.4, -0.2) is 22.5 Å². The molecule has 3 heterocycles. The van der Waals surface area contributed by atoms with E-state index in [-0.39, 0.29) is 0 Å². The first kappa shape index (κ1) is 13.4. The summed E-state index contributed by atoms with van der Waals surface area (Å²) in [5, 5.41) is 3.35. The van der Waals surface area contributed by atoms with Crippen LogP contribution in [0, 0.1) is 0 Å². The van der Waals surface area contributed by atoms with Gasteiger partial charge in [0, 0.05) is 22.8 Å². The van der Waals surface area contributed by atoms with Crippen LogP contribution in [0.2, 0.25) is 5.02 Å². The van der Waals surface area contributed by atoms with E-state index in [1.54, 1.807) is 22.7 Å². The second-order valence-corrected chi connectivity index (χ2v) is 7.38. The van der Waals surface area contributed by atoms with Crippen molar-refractivity contribution in [2.45, 2.75) is 32.4 Å². The number of aromatic nitrogens is 1. The Balaban J connectivity index is 1.89. The minimum atomic E-state index is 0.640. The number of hydrogen-bond donors (Lipinski definition) is 1. The zero-order valence-corrected chi connectivity index (χ0v) is 13.1. The molecule has 3 nitrogen and oxygen atoms in total. The molecule has 0 aromatic carbocycles. The maximum Gasteiger partial charge on any atom is 0.180 e. The Morgan fingerprint density at radius 2 is 2.42 bits per heavy atom. The molecule has 1 fully saturated rings. The predicted octanol–water partition coefficient (Wildman–Crippen LogP) is 4.09. The molecule has 2 aromatic rings. The molecule has 1 atom stereocenters. The molecular weight excluding hydrogens is 298 g/mol. The van der Waals surface area contributed by atoms with Crippen LogP contribution in [0.4, 0.5) is 5.13 Å². The second-order valence-electron chi connectivity index (χ2n) is 4.91. The molecule has 0 unspecified atom stereocenters. The van der Waals surface area contributed by atoms with E-state index in [1.165, 1.54) is 24.3 Å². The number of nitrogens with two attached hydrogens (primary N) is 1. The maximum atomic E-state index is 6.01. The van der Waals surface area contributed by atoms with Gasteiger partial charge in [-0.05, 0) is 32.4 Å². The highest BCUT2D eigenvalue weighted by Gasteiger charge is 2.23. The summed E-state index contributed by atoms with van der Waals surface area (Å²) in [6.07, 6.45) is 2.57. The Hall–Kier alpha value is -0.620. The first-order valence-corrected chi connectivity index (χ1v) is 8.44. The molecular formula is C13H16ClN3S2. The summed E-state index contributed by atoms with van der Waals surface area (Å²) in [6, 6.07) is 2.63. The van der Waals surface area contributed by atoms with Crippen molar-refractivity contribution in [3.8, 4) is 10.6 Å². The summed E-state index contributed by atoms with van der Waals surface area (Å²) in [4.78, 5) is 9.35. The van der Waals surface area contributed by atoms with Crippen molar-refractivity contribution in [1.82, 2.24) is 9.88 Å². The predicted molar refractivity (Wildman–Crippen MR) is 84.0 cm³/mol. The van der Waals surface area contributed by atoms with Gasteiger partial charge in [0.25, 0.3) is 0 Å². The quantitative estimate of drug-likeness (QED) is 0.928. The standard InChI is InChI=1S/C13H16ClN3S2/c1-8-3-2-4-17(8)6-11-12(16-13(15)19-11)10-5-9(14)7-18-10/h5,7-8H,2-4,6H2,1H3,(H2,15,16)/t8-/m1/s1. The summed E-state index contributed by atoms with van der Waals surface area (Å²) in [5.74, 6) is 0. The van der Waals surface area contributed by atoms with E-state index in [2.05, 4.69) is 16.8 Å². The molecule has 0 spiro atoms. The van der Waals surface area contributed by atoms with Gasteiger partial charge in [-0.25, -0.2) is 4.98 Å². The van der Waals surface area contributed by atoms with Gasteiger partial charge in [-0.2, -0.15) is 0 Å². The van der Waals surface area contributed by atoms with Crippen molar-refractivity contribution in [2.75, 3.05) is 12.3 Å². The average molecular weight is 314 g/mol. The van der Waals surface area contributed by atoms with Crippen LogP contribution >= 0.6 is 34.3 Å². The van der Waals surface area contributed by atoms with Gasteiger partial charge in [0.15, 0.2) is 5.13 Å². The molecule has 0 radical (unpaired) electrons. The topological polar surface area (TPSA) is 42.1 Å². The molecule has 3 rings (SSSR count). The third kappa shape index (κ3) is 2.79. The number of anilines is 1. The number of hydrogen-bond acceptors (Lipinski definition) is 5. The van der Waals surface area contributed by atoms with E-state index in [9.17, 15) is 0 Å². The Kier molecular flexibility index (Phi) is 3.80. The molecule has 6 heteroatoms. The molecule has 2 aromatic heterocycles. The highest BCUT2D eigenvalue weighted by molar-refractivity contribution is 7.17. The second kappa shape index (κ2) is 5.40. The zero-order valence-electron chi connectivity index (χ0n) is 10.7. The molecule has 0 amide bonds. The van der Waals surface area contributed by atoms with Crippen LogP contribution in [0.5, 0.6) is 0 Å². The highest BCUT2D eigenvalue weighted by atomic mass is 35.5. The number of nitrogen functional groups attached to an aromatic ring is 1. The number of nitrogens with zero attached hydrogens (tertiary/aromatic N) is 2. The van der Waals surface area contributed by atoms with Crippen LogP contribution < -0.4 is 5.73 Å². The Bertz CT molecular complexity index is 578. The largest absolute Gasteiger partial charge is 0.375 e. The van der Waals surface area contributed by atoms with E-state index < -0.39 is 0 Å². The van der Waals surface area contributed by atoms with E-state index in [0.29, 0.717) is 11.2 Å². The third-order valence-electron chi connectivity index (χ3n) is 3.55. The first-order valence-electron chi connectivity index (χ1n) is 6.37. The van der Waals surface area contributed by atoms with Gasteiger partial charge in [-0.3, -0.25) is 4.90 Å². The monoisotopic (exact) mass is 313 g/mol. The van der Waals surface area contributed by atoms with E-state index >= 15 is 0 Å². The van der Waals surface area contributed by atoms with Gasteiger partial charge in [-0.15, -0.1) is 22.7 Å². The van der Waals surface area contributed by atoms with Crippen molar-refractivity contribution < 1.29 is 0 Å². The molecule has 2 N–H and O–H groups in total. The van der Waals surface area contributed by atoms with Gasteiger partial charge < -0.3 is 5.73 Å². The summed E-state index contributed by atoms with van der Waals surface area (Å²) in [7, 11) is 0. The lowest BCUT2D eigenvalue weighted by atomic mass is 10.2. The van der Waals surface area contributed by atoms with Gasteiger partial charge in [-0.1, -0.05) is 11.6 Å². The van der Waals surface area contributed by atoms with Crippen LogP contribution in [0.15, 0.2) is 11.4 Å². The molecule has 19 heavy (non-hydrogen) atoms. The van der Waals surface area contributed by atoms with Crippen molar-refractivity contribution in [3.63, 3.8) is 0 Å². The molecule has 0 aliphatic carbocycles. The maximum absolute atomic E-state index is 6.01. The van der Waals surface area contributed by atoms with Crippen LogP contribution in [0.1, 0.15) is 24.6 Å². The fourth-order valence-corrected chi connectivity index (χ4v) is 4.55. The SMILES string of the molecule is C[C@@H]1CCCN1Cc1sc(N)nc1-c1cc(Cl)cs1. The molecule has 1 saturated heterocycles. The highest BCUT2D eigenvalue weighted by Crippen LogP contribution is 2.36. The van der Waals surface area contributed by atoms with Crippen molar-refractivity contribution in [1.29, 1.82) is 0 Å². The number of rotatable bonds is 3. The minimum Gasteiger partial charge on any atom is -0.375 e. The smallest absolute Gasteiger partial charge is 0.180 e. The van der Waals surface area contributed by atoms with E-state index in [4.69, 9.17) is 17.3 Å². The molecule has 102 valence electrons. The Morgan fingerprint density at radius 3 is 3.05 bits per heavy atom. The van der Waals surface area contributed by atoms with Gasteiger partial charge in [0.05, 0.1) is 15.6 Å². The lowest BCUT2D eigenvalue weighted by molar-refractivity contribution is 0.263. The summed E-state index contributed by atoms with van der Waals surface area (Å²) < 4.78 is 0. The van der Waals surface area contributed by atoms with Crippen LogP contribution in [0.25, 0.3) is 10.6 Å². The van der Waals surface area contributed by atoms with Crippen LogP contribution in [-0.2, 0) is 6.54 Å². The third-order valence-corrected chi connectivity index (χ3v) is 5.71. The number of thiophene rings is 1. The first-order chi connectivity index (χ1) is 9.13. The Morgan fingerprint density at radius 1 is 1.58 bits per heavy atom. The Labute approximate surface area is 126 Å². The van der Waals surface area contributed by atoms with E-state index in [1.807, 2.05) is 11.4 Å². The lowest BCUT2D eigenvalue weighted by Gasteiger charge is -2.20. The molecule has 1 aliphatic heterocycles. The summed E-state index contributed by atoms with van der Waals surface area (Å²) in [5.41, 5.74) is 6.91. The van der Waals surface area contributed by atoms with Crippen molar-refractivity contribution in [2.24, 2.45) is 0 Å². The molecule has 0 saturated carbocycles. The number of halogens is 1. The molecule has 0 bridgehead atoms. The number of likely N-dealkylation sites (tertiary alicyclic amines) is 1. The lowest BCUT2D eigenvalue weighted by Crippen LogP contribution is -2.25. The summed E-state index contributed by atoms with van der Waals surface area (Å²) >= 11 is 9.23. The van der Waals surface area contributed by atoms with E-state index in [0.717, 1.165) is 22.1 Å². The fourth-order valence-electron chi connectivity index (χ4n) is 2.52. The number of thiazole rings is 1. The fraction of sp³-hybridized carbons (Fsp3) is 0.462. The molecule has 1 aliphatic rings. The minimum absolute atomic E-state index is 0.640. The van der Waals surface area contributed by atoms with Crippen molar-refractivity contribution in [3.05, 3.63) is 21.3 Å². The normalized spacial score (nSPS) is 20.2. The van der Waals surface area contributed by atoms with Gasteiger partial charge >= 0.3 is 0 Å². The average Bonchev–Trinajstić information content (AvgIpc) is 3.03. The zero-order chi connectivity index (χ0) is 13.4. The van der Waals surface area contributed by atoms with Gasteiger partial charge in [0.2, 0.25) is 0 Å². The summed E-state index contributed by atoms with van der Waals surface area (Å²) in [6.45, 7) is 4.41. The van der Waals surface area contributed by atoms with Crippen molar-refractivity contribution >= 4 is 39.4 Å². The van der Waals surface area contributed by atoms with Gasteiger partial charge in [0.1, 0.15) is 0 Å². The van der Waals surface area contributed by atoms with Crippen LogP contribution in [0.3, 0.4) is 0 Å².